The summed E-state index contributed by atoms with van der Waals surface area (Å²) in [6.07, 6.45) is -0.458. The second-order valence-electron chi connectivity index (χ2n) is 5.61. The zero-order valence-corrected chi connectivity index (χ0v) is 11.6. The molecule has 0 heterocycles. The number of hydrogen-bond acceptors (Lipinski definition) is 2. The first-order valence-electron chi connectivity index (χ1n) is 7.07. The minimum absolute atomic E-state index is 0.183. The Bertz CT molecular complexity index is 494. The summed E-state index contributed by atoms with van der Waals surface area (Å²) in [6.45, 7) is 0. The molecule has 2 rings (SSSR count). The number of carbonyl (C=O) groups excluding carboxylic acids is 1. The summed E-state index contributed by atoms with van der Waals surface area (Å²) in [5.74, 6) is 0.0328. The quantitative estimate of drug-likeness (QED) is 0.897. The molecular weight excluding hydrogens is 281 g/mol. The van der Waals surface area contributed by atoms with Gasteiger partial charge in [-0.25, -0.2) is 0 Å². The standard InChI is InChI=1S/C15H19F3N2O/c16-15(17,18)11-2-1-3-13(9-11)20-14(21)8-10-4-6-12(19)7-5-10/h1-3,9-10,12H,4-8,19H2,(H,20,21). The normalized spacial score (nSPS) is 22.9. The molecule has 0 bridgehead atoms. The van der Waals surface area contributed by atoms with Gasteiger partial charge < -0.3 is 11.1 Å². The van der Waals surface area contributed by atoms with Crippen molar-refractivity contribution in [3.63, 3.8) is 0 Å². The topological polar surface area (TPSA) is 55.1 Å². The van der Waals surface area contributed by atoms with Crippen LogP contribution in [0.15, 0.2) is 24.3 Å². The molecule has 1 aromatic carbocycles. The lowest BCUT2D eigenvalue weighted by molar-refractivity contribution is -0.137. The van der Waals surface area contributed by atoms with Crippen molar-refractivity contribution in [2.45, 2.75) is 44.3 Å². The number of anilines is 1. The van der Waals surface area contributed by atoms with Crippen LogP contribution in [0, 0.1) is 5.92 Å². The van der Waals surface area contributed by atoms with Gasteiger partial charge in [-0.05, 0) is 49.8 Å². The van der Waals surface area contributed by atoms with E-state index in [9.17, 15) is 18.0 Å². The Labute approximate surface area is 121 Å². The van der Waals surface area contributed by atoms with Crippen LogP contribution >= 0.6 is 0 Å². The van der Waals surface area contributed by atoms with Crippen molar-refractivity contribution in [1.82, 2.24) is 0 Å². The fourth-order valence-corrected chi connectivity index (χ4v) is 2.64. The minimum Gasteiger partial charge on any atom is -0.328 e. The molecule has 1 aromatic rings. The molecule has 116 valence electrons. The van der Waals surface area contributed by atoms with Crippen LogP contribution in [0.1, 0.15) is 37.7 Å². The first-order valence-corrected chi connectivity index (χ1v) is 7.07. The van der Waals surface area contributed by atoms with E-state index in [0.29, 0.717) is 6.42 Å². The molecule has 1 aliphatic carbocycles. The van der Waals surface area contributed by atoms with E-state index in [0.717, 1.165) is 37.8 Å². The Hall–Kier alpha value is -1.56. The van der Waals surface area contributed by atoms with E-state index in [4.69, 9.17) is 5.73 Å². The molecular formula is C15H19F3N2O. The van der Waals surface area contributed by atoms with E-state index in [1.165, 1.54) is 12.1 Å². The average Bonchev–Trinajstić information content (AvgIpc) is 2.41. The first kappa shape index (κ1) is 15.8. The van der Waals surface area contributed by atoms with Crippen molar-refractivity contribution in [2.24, 2.45) is 11.7 Å². The van der Waals surface area contributed by atoms with Crippen molar-refractivity contribution < 1.29 is 18.0 Å². The molecule has 6 heteroatoms. The summed E-state index contributed by atoms with van der Waals surface area (Å²) in [6, 6.07) is 4.90. The maximum atomic E-state index is 12.6. The molecule has 0 aliphatic heterocycles. The lowest BCUT2D eigenvalue weighted by atomic mass is 9.84. The van der Waals surface area contributed by atoms with Gasteiger partial charge in [-0.1, -0.05) is 6.07 Å². The lowest BCUT2D eigenvalue weighted by Gasteiger charge is -2.25. The van der Waals surface area contributed by atoms with Gasteiger partial charge in [0.1, 0.15) is 0 Å². The minimum atomic E-state index is -4.40. The summed E-state index contributed by atoms with van der Waals surface area (Å²) >= 11 is 0. The maximum absolute atomic E-state index is 12.6. The van der Waals surface area contributed by atoms with Crippen LogP contribution in [0.2, 0.25) is 0 Å². The Balaban J connectivity index is 1.91. The van der Waals surface area contributed by atoms with Crippen LogP contribution in [0.5, 0.6) is 0 Å². The molecule has 0 saturated heterocycles. The Morgan fingerprint density at radius 1 is 1.24 bits per heavy atom. The molecule has 21 heavy (non-hydrogen) atoms. The van der Waals surface area contributed by atoms with Crippen molar-refractivity contribution in [1.29, 1.82) is 0 Å². The van der Waals surface area contributed by atoms with Gasteiger partial charge in [-0.3, -0.25) is 4.79 Å². The van der Waals surface area contributed by atoms with Crippen LogP contribution in [0.4, 0.5) is 18.9 Å². The molecule has 0 unspecified atom stereocenters. The van der Waals surface area contributed by atoms with Crippen molar-refractivity contribution in [3.8, 4) is 0 Å². The van der Waals surface area contributed by atoms with Crippen molar-refractivity contribution in [3.05, 3.63) is 29.8 Å². The molecule has 1 saturated carbocycles. The van der Waals surface area contributed by atoms with Crippen LogP contribution in [0.3, 0.4) is 0 Å². The molecule has 1 aliphatic rings. The highest BCUT2D eigenvalue weighted by molar-refractivity contribution is 5.90. The van der Waals surface area contributed by atoms with Crippen LogP contribution in [0.25, 0.3) is 0 Å². The number of benzene rings is 1. The number of hydrogen-bond donors (Lipinski definition) is 2. The second-order valence-corrected chi connectivity index (χ2v) is 5.61. The third-order valence-corrected chi connectivity index (χ3v) is 3.84. The Morgan fingerprint density at radius 2 is 1.90 bits per heavy atom. The fraction of sp³-hybridized carbons (Fsp3) is 0.533. The smallest absolute Gasteiger partial charge is 0.328 e. The predicted octanol–water partition coefficient (Wildman–Crippen LogP) is 3.55. The highest BCUT2D eigenvalue weighted by Gasteiger charge is 2.30. The number of carbonyl (C=O) groups is 1. The van der Waals surface area contributed by atoms with Gasteiger partial charge in [-0.2, -0.15) is 13.2 Å². The first-order chi connectivity index (χ1) is 9.84. The van der Waals surface area contributed by atoms with Gasteiger partial charge in [0, 0.05) is 18.2 Å². The number of amides is 1. The van der Waals surface area contributed by atoms with Gasteiger partial charge >= 0.3 is 6.18 Å². The fourth-order valence-electron chi connectivity index (χ4n) is 2.64. The third kappa shape index (κ3) is 4.74. The van der Waals surface area contributed by atoms with Crippen molar-refractivity contribution >= 4 is 11.6 Å². The monoisotopic (exact) mass is 300 g/mol. The highest BCUT2D eigenvalue weighted by Crippen LogP contribution is 2.31. The average molecular weight is 300 g/mol. The Morgan fingerprint density at radius 3 is 2.52 bits per heavy atom. The number of halogens is 3. The van der Waals surface area contributed by atoms with E-state index in [1.807, 2.05) is 0 Å². The molecule has 1 fully saturated rings. The molecule has 0 aromatic heterocycles. The number of alkyl halides is 3. The van der Waals surface area contributed by atoms with Gasteiger partial charge in [-0.15, -0.1) is 0 Å². The van der Waals surface area contributed by atoms with Crippen LogP contribution in [-0.4, -0.2) is 11.9 Å². The van der Waals surface area contributed by atoms with E-state index in [2.05, 4.69) is 5.32 Å². The molecule has 1 amide bonds. The number of nitrogens with two attached hydrogens (primary N) is 1. The van der Waals surface area contributed by atoms with E-state index in [1.54, 1.807) is 0 Å². The molecule has 0 radical (unpaired) electrons. The third-order valence-electron chi connectivity index (χ3n) is 3.84. The summed E-state index contributed by atoms with van der Waals surface area (Å²) in [7, 11) is 0. The highest BCUT2D eigenvalue weighted by atomic mass is 19.4. The zero-order chi connectivity index (χ0) is 15.5. The largest absolute Gasteiger partial charge is 0.416 e. The lowest BCUT2D eigenvalue weighted by Crippen LogP contribution is -2.28. The Kier molecular flexibility index (Phi) is 4.88. The number of rotatable bonds is 3. The zero-order valence-electron chi connectivity index (χ0n) is 11.6. The summed E-state index contributed by atoms with van der Waals surface area (Å²) in [5.41, 5.74) is 5.22. The predicted molar refractivity (Wildman–Crippen MR) is 74.6 cm³/mol. The van der Waals surface area contributed by atoms with Gasteiger partial charge in [0.05, 0.1) is 5.56 Å². The summed E-state index contributed by atoms with van der Waals surface area (Å²) < 4.78 is 37.8. The molecule has 3 N–H and O–H groups in total. The van der Waals surface area contributed by atoms with E-state index in [-0.39, 0.29) is 23.6 Å². The van der Waals surface area contributed by atoms with Crippen LogP contribution < -0.4 is 11.1 Å². The number of nitrogens with one attached hydrogen (secondary N) is 1. The van der Waals surface area contributed by atoms with Gasteiger partial charge in [0.25, 0.3) is 0 Å². The summed E-state index contributed by atoms with van der Waals surface area (Å²) in [4.78, 5) is 11.9. The maximum Gasteiger partial charge on any atom is 0.416 e. The van der Waals surface area contributed by atoms with Gasteiger partial charge in [0.15, 0.2) is 0 Å². The van der Waals surface area contributed by atoms with E-state index < -0.39 is 11.7 Å². The summed E-state index contributed by atoms with van der Waals surface area (Å²) in [5, 5.41) is 2.54. The molecule has 0 atom stereocenters. The van der Waals surface area contributed by atoms with Gasteiger partial charge in [0.2, 0.25) is 5.91 Å². The van der Waals surface area contributed by atoms with Crippen molar-refractivity contribution in [2.75, 3.05) is 5.32 Å². The molecule has 3 nitrogen and oxygen atoms in total. The SMILES string of the molecule is NC1CCC(CC(=O)Nc2cccc(C(F)(F)F)c2)CC1. The van der Waals surface area contributed by atoms with Crippen LogP contribution in [-0.2, 0) is 11.0 Å². The second kappa shape index (κ2) is 6.47. The molecule has 0 spiro atoms. The van der Waals surface area contributed by atoms with E-state index >= 15 is 0 Å².